The highest BCUT2D eigenvalue weighted by atomic mass is 16.5. The van der Waals surface area contributed by atoms with Gasteiger partial charge in [-0.05, 0) is 32.9 Å². The van der Waals surface area contributed by atoms with Crippen LogP contribution < -0.4 is 5.32 Å². The molecule has 0 radical (unpaired) electrons. The van der Waals surface area contributed by atoms with E-state index in [1.165, 1.54) is 25.8 Å². The van der Waals surface area contributed by atoms with Gasteiger partial charge in [-0.3, -0.25) is 4.79 Å². The molecule has 0 aromatic heterocycles. The second-order valence-corrected chi connectivity index (χ2v) is 6.16. The van der Waals surface area contributed by atoms with Crippen molar-refractivity contribution in [2.75, 3.05) is 46.9 Å². The molecule has 1 amide bonds. The molecule has 0 aliphatic carbocycles. The van der Waals surface area contributed by atoms with Crippen LogP contribution in [0, 0.1) is 0 Å². The number of amides is 1. The Morgan fingerprint density at radius 2 is 2.30 bits per heavy atom. The molecular formula is C15H29N3O2. The molecule has 0 bridgehead atoms. The number of ether oxygens (including phenoxy) is 1. The number of morpholine rings is 1. The van der Waals surface area contributed by atoms with Crippen LogP contribution in [0.4, 0.5) is 0 Å². The summed E-state index contributed by atoms with van der Waals surface area (Å²) < 4.78 is 5.39. The van der Waals surface area contributed by atoms with Crippen molar-refractivity contribution in [2.45, 2.75) is 44.2 Å². The fourth-order valence-corrected chi connectivity index (χ4v) is 3.09. The molecule has 0 saturated carbocycles. The normalized spacial score (nSPS) is 28.3. The lowest BCUT2D eigenvalue weighted by atomic mass is 10.00. The zero-order valence-electron chi connectivity index (χ0n) is 12.9. The molecule has 5 heteroatoms. The van der Waals surface area contributed by atoms with E-state index in [0.29, 0.717) is 19.1 Å². The van der Waals surface area contributed by atoms with Gasteiger partial charge in [-0.1, -0.05) is 6.42 Å². The summed E-state index contributed by atoms with van der Waals surface area (Å²) in [6, 6.07) is 0.839. The number of likely N-dealkylation sites (tertiary alicyclic amines) is 1. The lowest BCUT2D eigenvalue weighted by molar-refractivity contribution is -0.131. The highest BCUT2D eigenvalue weighted by Gasteiger charge is 2.22. The van der Waals surface area contributed by atoms with Crippen LogP contribution in [-0.4, -0.2) is 74.7 Å². The quantitative estimate of drug-likeness (QED) is 0.807. The van der Waals surface area contributed by atoms with Gasteiger partial charge in [0, 0.05) is 38.6 Å². The maximum Gasteiger partial charge on any atom is 0.223 e. The first-order valence-electron chi connectivity index (χ1n) is 7.92. The van der Waals surface area contributed by atoms with Crippen molar-refractivity contribution in [3.05, 3.63) is 0 Å². The first-order valence-corrected chi connectivity index (χ1v) is 7.92. The van der Waals surface area contributed by atoms with E-state index in [9.17, 15) is 4.79 Å². The van der Waals surface area contributed by atoms with Crippen LogP contribution in [-0.2, 0) is 9.53 Å². The third-order valence-corrected chi connectivity index (χ3v) is 4.56. The lowest BCUT2D eigenvalue weighted by Crippen LogP contribution is -2.45. The number of nitrogens with zero attached hydrogens (tertiary/aromatic N) is 2. The fourth-order valence-electron chi connectivity index (χ4n) is 3.09. The molecule has 2 heterocycles. The van der Waals surface area contributed by atoms with E-state index in [1.807, 2.05) is 11.9 Å². The third-order valence-electron chi connectivity index (χ3n) is 4.56. The van der Waals surface area contributed by atoms with Gasteiger partial charge in [0.15, 0.2) is 0 Å². The standard InChI is InChI=1S/C15H29N3O2/c1-17-8-4-3-5-14(17)6-9-18(2)15(19)11-13-12-20-10-7-16-13/h13-14,16H,3-12H2,1-2H3. The largest absolute Gasteiger partial charge is 0.378 e. The topological polar surface area (TPSA) is 44.8 Å². The number of carbonyl (C=O) groups is 1. The maximum absolute atomic E-state index is 12.2. The molecule has 2 atom stereocenters. The SMILES string of the molecule is CN(CCC1CCCCN1C)C(=O)CC1COCCN1. The minimum Gasteiger partial charge on any atom is -0.378 e. The first kappa shape index (κ1) is 15.7. The Balaban J connectivity index is 1.67. The van der Waals surface area contributed by atoms with Crippen molar-refractivity contribution in [2.24, 2.45) is 0 Å². The van der Waals surface area contributed by atoms with Crippen LogP contribution in [0.2, 0.25) is 0 Å². The Labute approximate surface area is 122 Å². The van der Waals surface area contributed by atoms with E-state index in [4.69, 9.17) is 4.74 Å². The van der Waals surface area contributed by atoms with Gasteiger partial charge in [0.05, 0.1) is 13.2 Å². The number of carbonyl (C=O) groups excluding carboxylic acids is 1. The molecule has 116 valence electrons. The second kappa shape index (κ2) is 7.96. The van der Waals surface area contributed by atoms with E-state index in [1.54, 1.807) is 0 Å². The molecule has 20 heavy (non-hydrogen) atoms. The molecule has 0 aromatic carbocycles. The molecule has 5 nitrogen and oxygen atoms in total. The maximum atomic E-state index is 12.2. The molecule has 0 spiro atoms. The Morgan fingerprint density at radius 1 is 1.45 bits per heavy atom. The van der Waals surface area contributed by atoms with Gasteiger partial charge in [0.2, 0.25) is 5.91 Å². The van der Waals surface area contributed by atoms with Gasteiger partial charge < -0.3 is 19.9 Å². The summed E-state index contributed by atoms with van der Waals surface area (Å²) in [6.45, 7) is 4.33. The number of nitrogens with one attached hydrogen (secondary N) is 1. The first-order chi connectivity index (χ1) is 9.66. The highest BCUT2D eigenvalue weighted by Crippen LogP contribution is 2.18. The summed E-state index contributed by atoms with van der Waals surface area (Å²) in [6.07, 6.45) is 5.56. The summed E-state index contributed by atoms with van der Waals surface area (Å²) in [5, 5.41) is 3.34. The van der Waals surface area contributed by atoms with Crippen molar-refractivity contribution in [3.63, 3.8) is 0 Å². The third kappa shape index (κ3) is 4.72. The smallest absolute Gasteiger partial charge is 0.223 e. The van der Waals surface area contributed by atoms with Gasteiger partial charge in [-0.25, -0.2) is 0 Å². The van der Waals surface area contributed by atoms with Crippen LogP contribution in [0.5, 0.6) is 0 Å². The number of piperidine rings is 1. The van der Waals surface area contributed by atoms with Gasteiger partial charge >= 0.3 is 0 Å². The average Bonchev–Trinajstić information content (AvgIpc) is 2.47. The molecule has 2 aliphatic rings. The molecule has 2 unspecified atom stereocenters. The van der Waals surface area contributed by atoms with Gasteiger partial charge in [-0.2, -0.15) is 0 Å². The van der Waals surface area contributed by atoms with E-state index in [0.717, 1.165) is 26.1 Å². The van der Waals surface area contributed by atoms with Gasteiger partial charge in [0.25, 0.3) is 0 Å². The van der Waals surface area contributed by atoms with Gasteiger partial charge in [0.1, 0.15) is 0 Å². The Morgan fingerprint density at radius 3 is 3.00 bits per heavy atom. The van der Waals surface area contributed by atoms with E-state index < -0.39 is 0 Å². The molecular weight excluding hydrogens is 254 g/mol. The van der Waals surface area contributed by atoms with Crippen molar-refractivity contribution >= 4 is 5.91 Å². The highest BCUT2D eigenvalue weighted by molar-refractivity contribution is 5.76. The van der Waals surface area contributed by atoms with Crippen molar-refractivity contribution in [3.8, 4) is 0 Å². The minimum absolute atomic E-state index is 0.191. The number of hydrogen-bond acceptors (Lipinski definition) is 4. The summed E-state index contributed by atoms with van der Waals surface area (Å²) in [5.74, 6) is 0.228. The summed E-state index contributed by atoms with van der Waals surface area (Å²) in [4.78, 5) is 16.5. The zero-order chi connectivity index (χ0) is 14.4. The van der Waals surface area contributed by atoms with Crippen LogP contribution in [0.3, 0.4) is 0 Å². The van der Waals surface area contributed by atoms with E-state index >= 15 is 0 Å². The molecule has 2 fully saturated rings. The predicted molar refractivity (Wildman–Crippen MR) is 79.7 cm³/mol. The Hall–Kier alpha value is -0.650. The number of rotatable bonds is 5. The lowest BCUT2D eigenvalue weighted by Gasteiger charge is -2.33. The predicted octanol–water partition coefficient (Wildman–Crippen LogP) is 0.698. The van der Waals surface area contributed by atoms with E-state index in [2.05, 4.69) is 17.3 Å². The summed E-state index contributed by atoms with van der Waals surface area (Å²) in [5.41, 5.74) is 0. The van der Waals surface area contributed by atoms with Crippen LogP contribution in [0.15, 0.2) is 0 Å². The molecule has 1 N–H and O–H groups in total. The molecule has 2 rings (SSSR count). The Bertz CT molecular complexity index is 305. The summed E-state index contributed by atoms with van der Waals surface area (Å²) in [7, 11) is 4.13. The van der Waals surface area contributed by atoms with Crippen LogP contribution in [0.25, 0.3) is 0 Å². The monoisotopic (exact) mass is 283 g/mol. The summed E-state index contributed by atoms with van der Waals surface area (Å²) >= 11 is 0. The second-order valence-electron chi connectivity index (χ2n) is 6.16. The molecule has 2 saturated heterocycles. The van der Waals surface area contributed by atoms with Gasteiger partial charge in [-0.15, -0.1) is 0 Å². The molecule has 0 aromatic rings. The van der Waals surface area contributed by atoms with E-state index in [-0.39, 0.29) is 11.9 Å². The van der Waals surface area contributed by atoms with Crippen molar-refractivity contribution in [1.29, 1.82) is 0 Å². The zero-order valence-corrected chi connectivity index (χ0v) is 12.9. The van der Waals surface area contributed by atoms with Crippen LogP contribution >= 0.6 is 0 Å². The molecule has 2 aliphatic heterocycles. The van der Waals surface area contributed by atoms with Crippen molar-refractivity contribution < 1.29 is 9.53 Å². The fraction of sp³-hybridized carbons (Fsp3) is 0.933. The minimum atomic E-state index is 0.191. The Kier molecular flexibility index (Phi) is 6.26. The van der Waals surface area contributed by atoms with Crippen molar-refractivity contribution in [1.82, 2.24) is 15.1 Å². The average molecular weight is 283 g/mol. The van der Waals surface area contributed by atoms with Crippen LogP contribution in [0.1, 0.15) is 32.1 Å². The number of hydrogen-bond donors (Lipinski definition) is 1.